The van der Waals surface area contributed by atoms with Crippen LogP contribution in [-0.4, -0.2) is 51.9 Å². The van der Waals surface area contributed by atoms with Gasteiger partial charge in [-0.2, -0.15) is 0 Å². The molecule has 1 aliphatic carbocycles. The largest absolute Gasteiger partial charge is 0.493 e. The minimum atomic E-state index is 0.339. The molecule has 3 aliphatic heterocycles. The predicted molar refractivity (Wildman–Crippen MR) is 117 cm³/mol. The molecule has 0 aromatic heterocycles. The quantitative estimate of drug-likeness (QED) is 0.805. The van der Waals surface area contributed by atoms with Crippen LogP contribution in [0.15, 0.2) is 45.4 Å². The van der Waals surface area contributed by atoms with Gasteiger partial charge < -0.3 is 24.4 Å². The molecule has 154 valence electrons. The van der Waals surface area contributed by atoms with Gasteiger partial charge in [-0.25, -0.2) is 0 Å². The first-order valence-corrected chi connectivity index (χ1v) is 11.2. The van der Waals surface area contributed by atoms with Crippen molar-refractivity contribution >= 4 is 11.8 Å². The number of rotatable bonds is 4. The third-order valence-corrected chi connectivity index (χ3v) is 7.63. The number of methoxy groups -OCH3 is 3. The molecular weight excluding hydrogens is 384 g/mol. The van der Waals surface area contributed by atoms with Crippen LogP contribution in [0.4, 0.5) is 0 Å². The maximum atomic E-state index is 5.63. The number of hydrogen-bond donors (Lipinski definition) is 1. The molecule has 1 saturated heterocycles. The van der Waals surface area contributed by atoms with E-state index in [2.05, 4.69) is 33.8 Å². The highest BCUT2D eigenvalue weighted by Gasteiger charge is 2.42. The van der Waals surface area contributed by atoms with Gasteiger partial charge in [-0.05, 0) is 60.1 Å². The van der Waals surface area contributed by atoms with Gasteiger partial charge in [0.15, 0.2) is 11.5 Å². The van der Waals surface area contributed by atoms with Gasteiger partial charge in [0.25, 0.3) is 0 Å². The Bertz CT molecular complexity index is 896. The Balaban J connectivity index is 1.63. The van der Waals surface area contributed by atoms with Crippen LogP contribution in [-0.2, 0) is 0 Å². The Hall–Kier alpha value is -2.05. The van der Waals surface area contributed by atoms with Crippen molar-refractivity contribution < 1.29 is 14.2 Å². The van der Waals surface area contributed by atoms with Crippen molar-refractivity contribution in [3.05, 3.63) is 50.9 Å². The van der Waals surface area contributed by atoms with Gasteiger partial charge in [0.2, 0.25) is 5.75 Å². The van der Waals surface area contributed by atoms with Gasteiger partial charge in [-0.3, -0.25) is 0 Å². The lowest BCUT2D eigenvalue weighted by molar-refractivity contribution is 0.298. The molecule has 6 heteroatoms. The fourth-order valence-corrected chi connectivity index (χ4v) is 6.40. The summed E-state index contributed by atoms with van der Waals surface area (Å²) >= 11 is 1.89. The maximum Gasteiger partial charge on any atom is 0.203 e. The second-order valence-electron chi connectivity index (χ2n) is 7.89. The number of nitrogens with one attached hydrogen (secondary N) is 1. The lowest BCUT2D eigenvalue weighted by Gasteiger charge is -2.34. The molecule has 29 heavy (non-hydrogen) atoms. The average molecular weight is 413 g/mol. The highest BCUT2D eigenvalue weighted by molar-refractivity contribution is 8.05. The molecule has 5 rings (SSSR count). The number of ether oxygens (including phenoxy) is 3. The van der Waals surface area contributed by atoms with E-state index < -0.39 is 0 Å². The molecule has 0 radical (unpaired) electrons. The number of benzene rings is 1. The second-order valence-corrected chi connectivity index (χ2v) is 8.84. The smallest absolute Gasteiger partial charge is 0.203 e. The third-order valence-electron chi connectivity index (χ3n) is 6.56. The van der Waals surface area contributed by atoms with E-state index in [9.17, 15) is 0 Å². The molecule has 0 bridgehead atoms. The maximum absolute atomic E-state index is 5.63. The lowest BCUT2D eigenvalue weighted by Crippen LogP contribution is -2.40. The summed E-state index contributed by atoms with van der Waals surface area (Å²) in [5, 5.41) is 5.86. The van der Waals surface area contributed by atoms with Crippen LogP contribution < -0.4 is 19.5 Å². The Morgan fingerprint density at radius 3 is 2.59 bits per heavy atom. The van der Waals surface area contributed by atoms with Crippen LogP contribution in [0.3, 0.4) is 0 Å². The molecule has 2 unspecified atom stereocenters. The fraction of sp³-hybridized carbons (Fsp3) is 0.478. The number of hydrogen-bond acceptors (Lipinski definition) is 6. The van der Waals surface area contributed by atoms with Crippen molar-refractivity contribution in [2.45, 2.75) is 31.2 Å². The van der Waals surface area contributed by atoms with Gasteiger partial charge in [-0.1, -0.05) is 17.8 Å². The zero-order valence-corrected chi connectivity index (χ0v) is 18.1. The van der Waals surface area contributed by atoms with Crippen LogP contribution in [0, 0.1) is 0 Å². The van der Waals surface area contributed by atoms with Gasteiger partial charge in [0, 0.05) is 23.9 Å². The number of nitrogens with zero attached hydrogens (tertiary/aromatic N) is 1. The van der Waals surface area contributed by atoms with Crippen LogP contribution >= 0.6 is 11.8 Å². The number of allylic oxidation sites excluding steroid dienone is 2. The molecular formula is C23H28N2O3S. The van der Waals surface area contributed by atoms with Crippen molar-refractivity contribution in [2.75, 3.05) is 41.0 Å². The standard InChI is InChI=1S/C23H28N2O3S/c1-26-19-11-14(12-20(27-2)22(19)28-3)15-5-6-16-17-13-24-8-7-18(17)25-9-4-10-29-23(15)21(16)25/h4,10-12,15,18,24H,5-9,13H2,1-3H3. The molecule has 5 nitrogen and oxygen atoms in total. The summed E-state index contributed by atoms with van der Waals surface area (Å²) in [4.78, 5) is 4.12. The minimum Gasteiger partial charge on any atom is -0.493 e. The summed E-state index contributed by atoms with van der Waals surface area (Å²) in [6.45, 7) is 3.15. The minimum absolute atomic E-state index is 0.339. The number of thioether (sulfide) groups is 1. The summed E-state index contributed by atoms with van der Waals surface area (Å²) in [5.41, 5.74) is 5.95. The number of piperidine rings is 1. The van der Waals surface area contributed by atoms with Crippen molar-refractivity contribution in [1.29, 1.82) is 0 Å². The normalized spacial score (nSPS) is 25.6. The van der Waals surface area contributed by atoms with E-state index in [1.165, 1.54) is 22.6 Å². The Kier molecular flexibility index (Phi) is 5.00. The molecule has 0 amide bonds. The summed E-state index contributed by atoms with van der Waals surface area (Å²) in [6, 6.07) is 4.82. The zero-order valence-electron chi connectivity index (χ0n) is 17.3. The molecule has 1 aromatic carbocycles. The van der Waals surface area contributed by atoms with Crippen LogP contribution in [0.5, 0.6) is 17.2 Å². The average Bonchev–Trinajstić information content (AvgIpc) is 2.92. The van der Waals surface area contributed by atoms with Crippen molar-refractivity contribution in [3.63, 3.8) is 0 Å². The first-order chi connectivity index (χ1) is 14.3. The van der Waals surface area contributed by atoms with E-state index in [-0.39, 0.29) is 0 Å². The van der Waals surface area contributed by atoms with E-state index >= 15 is 0 Å². The molecule has 0 spiro atoms. The van der Waals surface area contributed by atoms with Gasteiger partial charge in [-0.15, -0.1) is 0 Å². The topological polar surface area (TPSA) is 43.0 Å². The highest BCUT2D eigenvalue weighted by Crippen LogP contribution is 2.54. The monoisotopic (exact) mass is 412 g/mol. The van der Waals surface area contributed by atoms with E-state index in [0.29, 0.717) is 17.7 Å². The molecule has 1 fully saturated rings. The first-order valence-electron chi connectivity index (χ1n) is 10.3. The molecule has 4 aliphatic rings. The summed E-state index contributed by atoms with van der Waals surface area (Å²) in [5.74, 6) is 2.45. The molecule has 1 aromatic rings. The zero-order chi connectivity index (χ0) is 20.0. The van der Waals surface area contributed by atoms with Crippen LogP contribution in [0.2, 0.25) is 0 Å². The molecule has 1 N–H and O–H groups in total. The van der Waals surface area contributed by atoms with E-state index in [1.807, 2.05) is 11.8 Å². The van der Waals surface area contributed by atoms with Gasteiger partial charge in [0.1, 0.15) is 0 Å². The fourth-order valence-electron chi connectivity index (χ4n) is 5.30. The van der Waals surface area contributed by atoms with Crippen molar-refractivity contribution in [2.24, 2.45) is 0 Å². The number of fused-ring (bicyclic) bond motifs is 2. The first kappa shape index (κ1) is 18.9. The summed E-state index contributed by atoms with van der Waals surface area (Å²) in [6.07, 6.45) is 5.75. The lowest BCUT2D eigenvalue weighted by atomic mass is 9.83. The molecule has 0 saturated carbocycles. The summed E-state index contributed by atoms with van der Waals surface area (Å²) < 4.78 is 16.8. The Labute approximate surface area is 176 Å². The van der Waals surface area contributed by atoms with Crippen LogP contribution in [0.25, 0.3) is 0 Å². The molecule has 2 atom stereocenters. The van der Waals surface area contributed by atoms with E-state index in [0.717, 1.165) is 44.0 Å². The molecule has 3 heterocycles. The predicted octanol–water partition coefficient (Wildman–Crippen LogP) is 4.04. The Morgan fingerprint density at radius 1 is 1.07 bits per heavy atom. The summed E-state index contributed by atoms with van der Waals surface area (Å²) in [7, 11) is 5.03. The van der Waals surface area contributed by atoms with E-state index in [1.54, 1.807) is 32.5 Å². The van der Waals surface area contributed by atoms with Gasteiger partial charge in [0.05, 0.1) is 33.1 Å². The second kappa shape index (κ2) is 7.65. The van der Waals surface area contributed by atoms with Crippen molar-refractivity contribution in [3.8, 4) is 17.2 Å². The highest BCUT2D eigenvalue weighted by atomic mass is 32.2. The SMILES string of the molecule is COc1cc(C2CCC3=C4CNCCC4N4CC=CSC2=C34)cc(OC)c1OC. The third kappa shape index (κ3) is 2.96. The van der Waals surface area contributed by atoms with Crippen LogP contribution in [0.1, 0.15) is 30.7 Å². The van der Waals surface area contributed by atoms with Gasteiger partial charge >= 0.3 is 0 Å². The van der Waals surface area contributed by atoms with Crippen molar-refractivity contribution in [1.82, 2.24) is 10.2 Å². The van der Waals surface area contributed by atoms with E-state index in [4.69, 9.17) is 14.2 Å². The Morgan fingerprint density at radius 2 is 1.86 bits per heavy atom.